The van der Waals surface area contributed by atoms with Gasteiger partial charge in [-0.15, -0.1) is 0 Å². The van der Waals surface area contributed by atoms with Gasteiger partial charge >= 0.3 is 0 Å². The molecule has 1 saturated heterocycles. The van der Waals surface area contributed by atoms with E-state index in [0.717, 1.165) is 42.3 Å². The Morgan fingerprint density at radius 1 is 1.07 bits per heavy atom. The number of aromatic nitrogens is 2. The molecule has 0 radical (unpaired) electrons. The summed E-state index contributed by atoms with van der Waals surface area (Å²) in [5.74, 6) is 2.53. The molecule has 1 aromatic heterocycles. The van der Waals surface area contributed by atoms with Crippen LogP contribution in [-0.4, -0.2) is 39.5 Å². The minimum absolute atomic E-state index is 0.219. The summed E-state index contributed by atoms with van der Waals surface area (Å²) in [5.41, 5.74) is 3.11. The van der Waals surface area contributed by atoms with Crippen molar-refractivity contribution in [1.82, 2.24) is 14.9 Å². The highest BCUT2D eigenvalue weighted by Crippen LogP contribution is 2.24. The summed E-state index contributed by atoms with van der Waals surface area (Å²) in [6, 6.07) is 15.5. The van der Waals surface area contributed by atoms with Crippen LogP contribution in [0, 0.1) is 5.82 Å². The maximum Gasteiger partial charge on any atom is 0.251 e. The summed E-state index contributed by atoms with van der Waals surface area (Å²) in [6.45, 7) is 2.97. The topological polar surface area (TPSA) is 49.0 Å². The van der Waals surface area contributed by atoms with Crippen LogP contribution in [0.5, 0.6) is 0 Å². The molecule has 27 heavy (non-hydrogen) atoms. The van der Waals surface area contributed by atoms with Gasteiger partial charge in [0.1, 0.15) is 11.6 Å². The van der Waals surface area contributed by atoms with Gasteiger partial charge in [-0.05, 0) is 29.8 Å². The number of nitrogens with zero attached hydrogens (tertiary/aromatic N) is 2. The van der Waals surface area contributed by atoms with Crippen LogP contribution in [0.15, 0.2) is 59.4 Å². The van der Waals surface area contributed by atoms with E-state index < -0.39 is 0 Å². The van der Waals surface area contributed by atoms with E-state index in [2.05, 4.69) is 20.9 Å². The number of H-pyrrole nitrogens is 1. The number of halogens is 1. The van der Waals surface area contributed by atoms with Crippen LogP contribution >= 0.6 is 11.8 Å². The van der Waals surface area contributed by atoms with Crippen molar-refractivity contribution < 1.29 is 4.39 Å². The van der Waals surface area contributed by atoms with Crippen molar-refractivity contribution in [2.45, 2.75) is 6.54 Å². The minimum Gasteiger partial charge on any atom is -0.306 e. The van der Waals surface area contributed by atoms with Gasteiger partial charge in [0.05, 0.1) is 5.69 Å². The predicted octanol–water partition coefficient (Wildman–Crippen LogP) is 3.79. The van der Waals surface area contributed by atoms with Crippen molar-refractivity contribution in [1.29, 1.82) is 0 Å². The van der Waals surface area contributed by atoms with Gasteiger partial charge in [0.2, 0.25) is 0 Å². The zero-order valence-corrected chi connectivity index (χ0v) is 15.6. The van der Waals surface area contributed by atoms with Crippen LogP contribution in [0.25, 0.3) is 22.6 Å². The van der Waals surface area contributed by atoms with Crippen molar-refractivity contribution in [3.8, 4) is 22.6 Å². The molecule has 0 unspecified atom stereocenters. The molecule has 0 aliphatic carbocycles. The zero-order chi connectivity index (χ0) is 18.6. The average molecular weight is 381 g/mol. The summed E-state index contributed by atoms with van der Waals surface area (Å²) in [6.07, 6.45) is 0. The summed E-state index contributed by atoms with van der Waals surface area (Å²) in [4.78, 5) is 22.2. The Balaban J connectivity index is 1.71. The van der Waals surface area contributed by atoms with E-state index in [4.69, 9.17) is 0 Å². The minimum atomic E-state index is -0.311. The highest BCUT2D eigenvalue weighted by Gasteiger charge is 2.15. The van der Waals surface area contributed by atoms with Crippen LogP contribution in [-0.2, 0) is 6.54 Å². The fourth-order valence-electron chi connectivity index (χ4n) is 3.24. The second-order valence-electron chi connectivity index (χ2n) is 6.53. The molecule has 0 saturated carbocycles. The third-order valence-corrected chi connectivity index (χ3v) is 5.59. The second kappa shape index (κ2) is 8.06. The van der Waals surface area contributed by atoms with E-state index >= 15 is 0 Å². The summed E-state index contributed by atoms with van der Waals surface area (Å²) in [7, 11) is 0. The van der Waals surface area contributed by atoms with Crippen molar-refractivity contribution in [2.24, 2.45) is 0 Å². The predicted molar refractivity (Wildman–Crippen MR) is 108 cm³/mol. The lowest BCUT2D eigenvalue weighted by molar-refractivity contribution is 0.295. The first-order valence-electron chi connectivity index (χ1n) is 8.95. The van der Waals surface area contributed by atoms with Crippen LogP contribution in [0.3, 0.4) is 0 Å². The molecule has 4 nitrogen and oxygen atoms in total. The Morgan fingerprint density at radius 3 is 2.59 bits per heavy atom. The molecule has 1 fully saturated rings. The van der Waals surface area contributed by atoms with Gasteiger partial charge in [-0.1, -0.05) is 24.3 Å². The number of hydrogen-bond donors (Lipinski definition) is 1. The third-order valence-electron chi connectivity index (χ3n) is 4.65. The Bertz CT molecular complexity index is 981. The Morgan fingerprint density at radius 2 is 1.81 bits per heavy atom. The first kappa shape index (κ1) is 17.9. The fourth-order valence-corrected chi connectivity index (χ4v) is 4.22. The van der Waals surface area contributed by atoms with E-state index in [1.807, 2.05) is 30.0 Å². The maximum absolute atomic E-state index is 13.2. The van der Waals surface area contributed by atoms with E-state index in [0.29, 0.717) is 17.1 Å². The number of benzene rings is 2. The SMILES string of the molecule is O=c1cc(-c2ccc(F)cc2)nc(-c2ccccc2CN2CCSCC2)[nH]1. The smallest absolute Gasteiger partial charge is 0.251 e. The summed E-state index contributed by atoms with van der Waals surface area (Å²) in [5, 5.41) is 0. The van der Waals surface area contributed by atoms with Crippen molar-refractivity contribution in [3.05, 3.63) is 76.3 Å². The van der Waals surface area contributed by atoms with Gasteiger partial charge in [0.25, 0.3) is 5.56 Å². The number of nitrogens with one attached hydrogen (secondary N) is 1. The second-order valence-corrected chi connectivity index (χ2v) is 7.76. The Kier molecular flexibility index (Phi) is 5.36. The van der Waals surface area contributed by atoms with E-state index in [1.54, 1.807) is 12.1 Å². The molecule has 2 aromatic carbocycles. The molecule has 0 amide bonds. The van der Waals surface area contributed by atoms with Crippen LogP contribution in [0.4, 0.5) is 4.39 Å². The van der Waals surface area contributed by atoms with Gasteiger partial charge in [-0.2, -0.15) is 11.8 Å². The van der Waals surface area contributed by atoms with Gasteiger partial charge in [-0.25, -0.2) is 9.37 Å². The molecule has 1 aliphatic heterocycles. The molecular weight excluding hydrogens is 361 g/mol. The molecule has 6 heteroatoms. The fraction of sp³-hybridized carbons (Fsp3) is 0.238. The van der Waals surface area contributed by atoms with Crippen molar-refractivity contribution >= 4 is 11.8 Å². The molecule has 0 atom stereocenters. The van der Waals surface area contributed by atoms with Gasteiger partial charge in [0.15, 0.2) is 0 Å². The van der Waals surface area contributed by atoms with Gasteiger partial charge in [-0.3, -0.25) is 9.69 Å². The van der Waals surface area contributed by atoms with Crippen LogP contribution in [0.2, 0.25) is 0 Å². The summed E-state index contributed by atoms with van der Waals surface area (Å²) < 4.78 is 13.2. The lowest BCUT2D eigenvalue weighted by Crippen LogP contribution is -2.32. The van der Waals surface area contributed by atoms with Gasteiger partial charge in [0, 0.05) is 48.3 Å². The quantitative estimate of drug-likeness (QED) is 0.747. The highest BCUT2D eigenvalue weighted by atomic mass is 32.2. The Hall–Kier alpha value is -2.44. The Labute approximate surface area is 161 Å². The first-order valence-corrected chi connectivity index (χ1v) is 10.1. The number of rotatable bonds is 4. The molecular formula is C21H20FN3OS. The summed E-state index contributed by atoms with van der Waals surface area (Å²) >= 11 is 1.98. The lowest BCUT2D eigenvalue weighted by Gasteiger charge is -2.26. The van der Waals surface area contributed by atoms with E-state index in [-0.39, 0.29) is 11.4 Å². The first-order chi connectivity index (χ1) is 13.2. The van der Waals surface area contributed by atoms with Crippen LogP contribution in [0.1, 0.15) is 5.56 Å². The third kappa shape index (κ3) is 4.28. The molecule has 0 bridgehead atoms. The molecule has 1 N–H and O–H groups in total. The normalized spacial score (nSPS) is 15.0. The monoisotopic (exact) mass is 381 g/mol. The molecule has 1 aliphatic rings. The molecule has 138 valence electrons. The standard InChI is InChI=1S/C21H20FN3OS/c22-17-7-5-15(6-8-17)19-13-20(26)24-21(23-19)18-4-2-1-3-16(18)14-25-9-11-27-12-10-25/h1-8,13H,9-12,14H2,(H,23,24,26). The van der Waals surface area contributed by atoms with Crippen molar-refractivity contribution in [2.75, 3.05) is 24.6 Å². The maximum atomic E-state index is 13.2. The molecule has 2 heterocycles. The molecule has 3 aromatic rings. The number of hydrogen-bond acceptors (Lipinski definition) is 4. The number of thioether (sulfide) groups is 1. The van der Waals surface area contributed by atoms with Gasteiger partial charge < -0.3 is 4.98 Å². The average Bonchev–Trinajstić information content (AvgIpc) is 2.69. The number of aromatic amines is 1. The lowest BCUT2D eigenvalue weighted by atomic mass is 10.1. The zero-order valence-electron chi connectivity index (χ0n) is 14.8. The van der Waals surface area contributed by atoms with E-state index in [9.17, 15) is 9.18 Å². The molecule has 4 rings (SSSR count). The van der Waals surface area contributed by atoms with Crippen molar-refractivity contribution in [3.63, 3.8) is 0 Å². The largest absolute Gasteiger partial charge is 0.306 e. The molecule has 0 spiro atoms. The highest BCUT2D eigenvalue weighted by molar-refractivity contribution is 7.99. The van der Waals surface area contributed by atoms with E-state index in [1.165, 1.54) is 18.2 Å². The van der Waals surface area contributed by atoms with Crippen LogP contribution < -0.4 is 5.56 Å².